The first-order valence-corrected chi connectivity index (χ1v) is 5.56. The van der Waals surface area contributed by atoms with Gasteiger partial charge in [0.2, 0.25) is 0 Å². The number of methoxy groups -OCH3 is 1. The smallest absolute Gasteiger partial charge is 0.343 e. The van der Waals surface area contributed by atoms with Crippen LogP contribution in [0.3, 0.4) is 0 Å². The highest BCUT2D eigenvalue weighted by Crippen LogP contribution is 2.25. The molecule has 4 heteroatoms. The SMILES string of the molecule is COC(=O)COc1ccc2c(c1)C(=O)CCC2. The molecule has 90 valence electrons. The molecule has 0 aromatic heterocycles. The lowest BCUT2D eigenvalue weighted by atomic mass is 9.90. The molecule has 17 heavy (non-hydrogen) atoms. The van der Waals surface area contributed by atoms with Crippen molar-refractivity contribution in [2.75, 3.05) is 13.7 Å². The van der Waals surface area contributed by atoms with Crippen LogP contribution in [0.1, 0.15) is 28.8 Å². The Bertz CT molecular complexity index is 451. The second-order valence-electron chi connectivity index (χ2n) is 3.96. The zero-order valence-corrected chi connectivity index (χ0v) is 9.69. The lowest BCUT2D eigenvalue weighted by molar-refractivity contribution is -0.142. The van der Waals surface area contributed by atoms with Gasteiger partial charge in [0.05, 0.1) is 7.11 Å². The first-order valence-electron chi connectivity index (χ1n) is 5.56. The summed E-state index contributed by atoms with van der Waals surface area (Å²) in [5, 5.41) is 0. The van der Waals surface area contributed by atoms with Crippen molar-refractivity contribution in [2.45, 2.75) is 19.3 Å². The Labute approximate surface area is 99.5 Å². The predicted octanol–water partition coefficient (Wildman–Crippen LogP) is 1.76. The fraction of sp³-hybridized carbons (Fsp3) is 0.385. The van der Waals surface area contributed by atoms with Gasteiger partial charge in [0.15, 0.2) is 12.4 Å². The summed E-state index contributed by atoms with van der Waals surface area (Å²) < 4.78 is 9.72. The third-order valence-electron chi connectivity index (χ3n) is 2.82. The zero-order chi connectivity index (χ0) is 12.3. The third kappa shape index (κ3) is 2.64. The van der Waals surface area contributed by atoms with Crippen LogP contribution >= 0.6 is 0 Å². The van der Waals surface area contributed by atoms with Gasteiger partial charge in [-0.2, -0.15) is 0 Å². The van der Waals surface area contributed by atoms with Crippen molar-refractivity contribution in [1.29, 1.82) is 0 Å². The zero-order valence-electron chi connectivity index (χ0n) is 9.69. The van der Waals surface area contributed by atoms with E-state index in [0.717, 1.165) is 24.0 Å². The van der Waals surface area contributed by atoms with Crippen LogP contribution in [0.4, 0.5) is 0 Å². The normalized spacial score (nSPS) is 14.1. The van der Waals surface area contributed by atoms with Crippen LogP contribution in [-0.2, 0) is 16.0 Å². The molecule has 2 rings (SSSR count). The van der Waals surface area contributed by atoms with Crippen LogP contribution in [0, 0.1) is 0 Å². The van der Waals surface area contributed by atoms with Crippen LogP contribution in [0.15, 0.2) is 18.2 Å². The molecule has 0 unspecified atom stereocenters. The molecule has 0 bridgehead atoms. The number of ether oxygens (including phenoxy) is 2. The van der Waals surface area contributed by atoms with Gasteiger partial charge in [-0.3, -0.25) is 4.79 Å². The van der Waals surface area contributed by atoms with Crippen molar-refractivity contribution in [3.63, 3.8) is 0 Å². The standard InChI is InChI=1S/C13H14O4/c1-16-13(15)8-17-10-6-5-9-3-2-4-12(14)11(9)7-10/h5-7H,2-4,8H2,1H3. The Morgan fingerprint density at radius 2 is 2.18 bits per heavy atom. The molecule has 1 aliphatic carbocycles. The van der Waals surface area contributed by atoms with Crippen molar-refractivity contribution >= 4 is 11.8 Å². The molecule has 0 aliphatic heterocycles. The number of fused-ring (bicyclic) bond motifs is 1. The number of hydrogen-bond donors (Lipinski definition) is 0. The van der Waals surface area contributed by atoms with E-state index in [1.807, 2.05) is 6.07 Å². The highest BCUT2D eigenvalue weighted by molar-refractivity contribution is 5.98. The van der Waals surface area contributed by atoms with Gasteiger partial charge in [-0.25, -0.2) is 4.79 Å². The van der Waals surface area contributed by atoms with Gasteiger partial charge in [0, 0.05) is 12.0 Å². The molecule has 0 atom stereocenters. The van der Waals surface area contributed by atoms with E-state index in [4.69, 9.17) is 4.74 Å². The average Bonchev–Trinajstić information content (AvgIpc) is 2.36. The first-order chi connectivity index (χ1) is 8.20. The van der Waals surface area contributed by atoms with Crippen molar-refractivity contribution in [1.82, 2.24) is 0 Å². The third-order valence-corrected chi connectivity index (χ3v) is 2.82. The molecule has 0 radical (unpaired) electrons. The highest BCUT2D eigenvalue weighted by Gasteiger charge is 2.17. The minimum absolute atomic E-state index is 0.135. The summed E-state index contributed by atoms with van der Waals surface area (Å²) in [5.74, 6) is 0.244. The van der Waals surface area contributed by atoms with E-state index in [2.05, 4.69) is 4.74 Å². The quantitative estimate of drug-likeness (QED) is 0.748. The van der Waals surface area contributed by atoms with E-state index in [1.165, 1.54) is 7.11 Å². The van der Waals surface area contributed by atoms with Crippen LogP contribution < -0.4 is 4.74 Å². The lowest BCUT2D eigenvalue weighted by Gasteiger charge is -2.15. The fourth-order valence-electron chi connectivity index (χ4n) is 1.90. The van der Waals surface area contributed by atoms with Crippen LogP contribution in [-0.4, -0.2) is 25.5 Å². The van der Waals surface area contributed by atoms with Crippen LogP contribution in [0.5, 0.6) is 5.75 Å². The molecule has 1 aromatic carbocycles. The van der Waals surface area contributed by atoms with Crippen LogP contribution in [0.2, 0.25) is 0 Å². The summed E-state index contributed by atoms with van der Waals surface area (Å²) in [6, 6.07) is 5.37. The molecule has 0 fully saturated rings. The van der Waals surface area contributed by atoms with Crippen molar-refractivity contribution in [2.24, 2.45) is 0 Å². The molecule has 0 amide bonds. The van der Waals surface area contributed by atoms with E-state index in [0.29, 0.717) is 12.2 Å². The Morgan fingerprint density at radius 3 is 2.94 bits per heavy atom. The van der Waals surface area contributed by atoms with Gasteiger partial charge >= 0.3 is 5.97 Å². The molecule has 1 aromatic rings. The number of carbonyl (C=O) groups excluding carboxylic acids is 2. The minimum Gasteiger partial charge on any atom is -0.482 e. The Kier molecular flexibility index (Phi) is 3.42. The average molecular weight is 234 g/mol. The van der Waals surface area contributed by atoms with Crippen molar-refractivity contribution in [3.05, 3.63) is 29.3 Å². The Balaban J connectivity index is 2.12. The summed E-state index contributed by atoms with van der Waals surface area (Å²) in [6.45, 7) is -0.135. The van der Waals surface area contributed by atoms with Gasteiger partial charge < -0.3 is 9.47 Å². The monoisotopic (exact) mass is 234 g/mol. The number of ketones is 1. The fourth-order valence-corrected chi connectivity index (χ4v) is 1.90. The summed E-state index contributed by atoms with van der Waals surface area (Å²) in [6.07, 6.45) is 2.43. The summed E-state index contributed by atoms with van der Waals surface area (Å²) in [7, 11) is 1.31. The summed E-state index contributed by atoms with van der Waals surface area (Å²) in [5.41, 5.74) is 1.78. The molecular formula is C13H14O4. The molecule has 4 nitrogen and oxygen atoms in total. The van der Waals surface area contributed by atoms with Gasteiger partial charge in [-0.1, -0.05) is 6.07 Å². The molecule has 0 heterocycles. The van der Waals surface area contributed by atoms with E-state index in [-0.39, 0.29) is 12.4 Å². The number of benzene rings is 1. The Hall–Kier alpha value is -1.84. The van der Waals surface area contributed by atoms with E-state index >= 15 is 0 Å². The van der Waals surface area contributed by atoms with E-state index in [1.54, 1.807) is 12.1 Å². The van der Waals surface area contributed by atoms with Gasteiger partial charge in [-0.15, -0.1) is 0 Å². The molecular weight excluding hydrogens is 220 g/mol. The van der Waals surface area contributed by atoms with E-state index < -0.39 is 5.97 Å². The lowest BCUT2D eigenvalue weighted by Crippen LogP contribution is -2.14. The number of rotatable bonds is 3. The maximum Gasteiger partial charge on any atom is 0.343 e. The first kappa shape index (κ1) is 11.6. The number of aryl methyl sites for hydroxylation is 1. The molecule has 0 N–H and O–H groups in total. The number of Topliss-reactive ketones (excluding diaryl/α,β-unsaturated/α-hetero) is 1. The van der Waals surface area contributed by atoms with Crippen molar-refractivity contribution < 1.29 is 19.1 Å². The van der Waals surface area contributed by atoms with Gasteiger partial charge in [0.25, 0.3) is 0 Å². The van der Waals surface area contributed by atoms with Crippen LogP contribution in [0.25, 0.3) is 0 Å². The largest absolute Gasteiger partial charge is 0.482 e. The maximum absolute atomic E-state index is 11.7. The van der Waals surface area contributed by atoms with Crippen molar-refractivity contribution in [3.8, 4) is 5.75 Å². The minimum atomic E-state index is -0.436. The molecule has 1 aliphatic rings. The highest BCUT2D eigenvalue weighted by atomic mass is 16.6. The summed E-state index contributed by atoms with van der Waals surface area (Å²) >= 11 is 0. The Morgan fingerprint density at radius 1 is 1.35 bits per heavy atom. The molecule has 0 spiro atoms. The number of hydrogen-bond acceptors (Lipinski definition) is 4. The van der Waals surface area contributed by atoms with Gasteiger partial charge in [-0.05, 0) is 30.5 Å². The van der Waals surface area contributed by atoms with Gasteiger partial charge in [0.1, 0.15) is 5.75 Å². The molecule has 0 saturated carbocycles. The number of carbonyl (C=O) groups is 2. The predicted molar refractivity (Wildman–Crippen MR) is 61.2 cm³/mol. The molecule has 0 saturated heterocycles. The van der Waals surface area contributed by atoms with E-state index in [9.17, 15) is 9.59 Å². The second kappa shape index (κ2) is 4.99. The number of esters is 1. The second-order valence-corrected chi connectivity index (χ2v) is 3.96. The summed E-state index contributed by atoms with van der Waals surface area (Å²) in [4.78, 5) is 22.6. The topological polar surface area (TPSA) is 52.6 Å². The maximum atomic E-state index is 11.7.